The van der Waals surface area contributed by atoms with Gasteiger partial charge in [-0.15, -0.1) is 4.74 Å². The molecule has 1 heterocycles. The van der Waals surface area contributed by atoms with Gasteiger partial charge >= 0.3 is 11.4 Å². The van der Waals surface area contributed by atoms with Crippen LogP contribution in [-0.2, 0) is 13.2 Å². The lowest BCUT2D eigenvalue weighted by Crippen LogP contribution is -2.17. The fourth-order valence-electron chi connectivity index (χ4n) is 3.81. The van der Waals surface area contributed by atoms with Crippen LogP contribution >= 0.6 is 0 Å². The predicted molar refractivity (Wildman–Crippen MR) is 132 cm³/mol. The molecule has 0 aliphatic rings. The van der Waals surface area contributed by atoms with Gasteiger partial charge in [0, 0.05) is 0 Å². The second-order valence-electron chi connectivity index (χ2n) is 8.50. The summed E-state index contributed by atoms with van der Waals surface area (Å²) in [5, 5.41) is 9.44. The van der Waals surface area contributed by atoms with Crippen molar-refractivity contribution in [3.05, 3.63) is 104 Å². The first-order valence-electron chi connectivity index (χ1n) is 11.3. The molecule has 4 rings (SSSR count). The minimum atomic E-state index is -0.775. The van der Waals surface area contributed by atoms with Crippen molar-refractivity contribution in [3.8, 4) is 22.6 Å². The zero-order valence-electron chi connectivity index (χ0n) is 19.9. The molecular weight excluding hydrogens is 448 g/mol. The maximum Gasteiger partial charge on any atom is 0.440 e. The van der Waals surface area contributed by atoms with Gasteiger partial charge < -0.3 is 19.1 Å². The molecule has 0 fully saturated rings. The van der Waals surface area contributed by atoms with Crippen LogP contribution in [0.2, 0.25) is 0 Å². The highest BCUT2D eigenvalue weighted by Crippen LogP contribution is 2.31. The molecule has 182 valence electrons. The largest absolute Gasteiger partial charge is 0.491 e. The highest BCUT2D eigenvalue weighted by Gasteiger charge is 2.11. The smallest absolute Gasteiger partial charge is 0.440 e. The van der Waals surface area contributed by atoms with E-state index in [1.54, 1.807) is 6.92 Å². The molecule has 2 N–H and O–H groups in total. The minimum Gasteiger partial charge on any atom is -0.491 e. The van der Waals surface area contributed by atoms with E-state index in [2.05, 4.69) is 18.0 Å². The standard InChI is InChI=1S/C27H28N2O6/c1-17-13-23(33-15-18(2)30)11-12-24(17)25-6-4-5-21(19(25)3)16-34-22-9-7-20(8-10-22)14-29-26(31)28-27(32)35-29/h4-13,18,30H,14-16H2,1-3H3,(H,28,31,32)/t18-/m1/s1. The number of aliphatic hydroxyl groups excluding tert-OH is 1. The highest BCUT2D eigenvalue weighted by atomic mass is 16.5. The number of rotatable bonds is 9. The molecule has 4 aromatic rings. The lowest BCUT2D eigenvalue weighted by Gasteiger charge is -2.16. The highest BCUT2D eigenvalue weighted by molar-refractivity contribution is 5.72. The Hall–Kier alpha value is -4.04. The zero-order chi connectivity index (χ0) is 24.9. The van der Waals surface area contributed by atoms with E-state index < -0.39 is 17.5 Å². The average Bonchev–Trinajstić information content (AvgIpc) is 3.14. The molecule has 0 saturated heterocycles. The van der Waals surface area contributed by atoms with Gasteiger partial charge in [-0.25, -0.2) is 14.6 Å². The van der Waals surface area contributed by atoms with Crippen LogP contribution in [0.3, 0.4) is 0 Å². The topological polar surface area (TPSA) is 107 Å². The van der Waals surface area contributed by atoms with Gasteiger partial charge in [-0.2, -0.15) is 0 Å². The number of aryl methyl sites for hydroxylation is 1. The molecule has 0 aliphatic heterocycles. The number of aromatic amines is 1. The average molecular weight is 477 g/mol. The first kappa shape index (κ1) is 24.1. The van der Waals surface area contributed by atoms with E-state index in [9.17, 15) is 14.7 Å². The van der Waals surface area contributed by atoms with Crippen LogP contribution in [0, 0.1) is 13.8 Å². The van der Waals surface area contributed by atoms with Crippen molar-refractivity contribution in [1.82, 2.24) is 9.72 Å². The van der Waals surface area contributed by atoms with Gasteiger partial charge in [0.15, 0.2) is 0 Å². The number of aromatic nitrogens is 2. The van der Waals surface area contributed by atoms with Gasteiger partial charge in [0.25, 0.3) is 0 Å². The summed E-state index contributed by atoms with van der Waals surface area (Å²) >= 11 is 0. The quantitative estimate of drug-likeness (QED) is 0.381. The first-order chi connectivity index (χ1) is 16.8. The Balaban J connectivity index is 1.44. The van der Waals surface area contributed by atoms with E-state index in [0.717, 1.165) is 43.9 Å². The summed E-state index contributed by atoms with van der Waals surface area (Å²) in [6, 6.07) is 19.4. The third-order valence-electron chi connectivity index (χ3n) is 5.70. The summed E-state index contributed by atoms with van der Waals surface area (Å²) in [5.41, 5.74) is 5.75. The number of H-pyrrole nitrogens is 1. The SMILES string of the molecule is Cc1cc(OC[C@@H](C)O)ccc1-c1cccc(COc2ccc(Cn3oc(=O)[nH]c3=O)cc2)c1C. The summed E-state index contributed by atoms with van der Waals surface area (Å²) in [4.78, 5) is 24.8. The Labute approximate surface area is 202 Å². The number of aliphatic hydroxyl groups is 1. The fourth-order valence-corrected chi connectivity index (χ4v) is 3.81. The van der Waals surface area contributed by atoms with E-state index >= 15 is 0 Å². The third-order valence-corrected chi connectivity index (χ3v) is 5.70. The molecule has 0 bridgehead atoms. The summed E-state index contributed by atoms with van der Waals surface area (Å²) in [6.45, 7) is 6.63. The summed E-state index contributed by atoms with van der Waals surface area (Å²) in [6.07, 6.45) is -0.517. The molecule has 0 spiro atoms. The molecule has 8 nitrogen and oxygen atoms in total. The van der Waals surface area contributed by atoms with Gasteiger partial charge in [-0.3, -0.25) is 0 Å². The maximum atomic E-state index is 11.6. The molecule has 0 radical (unpaired) electrons. The number of ether oxygens (including phenoxy) is 2. The second kappa shape index (κ2) is 10.5. The van der Waals surface area contributed by atoms with Crippen LogP contribution in [0.1, 0.15) is 29.2 Å². The van der Waals surface area contributed by atoms with Crippen molar-refractivity contribution >= 4 is 0 Å². The van der Waals surface area contributed by atoms with Crippen molar-refractivity contribution in [3.63, 3.8) is 0 Å². The number of nitrogens with one attached hydrogen (secondary N) is 1. The molecule has 0 saturated carbocycles. The van der Waals surface area contributed by atoms with Gasteiger partial charge in [0.1, 0.15) is 24.7 Å². The molecule has 8 heteroatoms. The van der Waals surface area contributed by atoms with Crippen LogP contribution in [-0.4, -0.2) is 27.5 Å². The molecular formula is C27H28N2O6. The third kappa shape index (κ3) is 5.91. The first-order valence-corrected chi connectivity index (χ1v) is 11.3. The second-order valence-corrected chi connectivity index (χ2v) is 8.50. The van der Waals surface area contributed by atoms with Crippen LogP contribution in [0.4, 0.5) is 0 Å². The Bertz CT molecular complexity index is 1410. The van der Waals surface area contributed by atoms with Gasteiger partial charge in [0.05, 0.1) is 12.6 Å². The van der Waals surface area contributed by atoms with Crippen molar-refractivity contribution in [2.75, 3.05) is 6.61 Å². The fraction of sp³-hybridized carbons (Fsp3) is 0.259. The van der Waals surface area contributed by atoms with Gasteiger partial charge in [-0.1, -0.05) is 36.4 Å². The molecule has 35 heavy (non-hydrogen) atoms. The van der Waals surface area contributed by atoms with Gasteiger partial charge in [-0.05, 0) is 78.4 Å². The Morgan fingerprint density at radius 1 is 0.971 bits per heavy atom. The zero-order valence-corrected chi connectivity index (χ0v) is 19.9. The van der Waals surface area contributed by atoms with Crippen LogP contribution in [0.15, 0.2) is 74.8 Å². The van der Waals surface area contributed by atoms with E-state index in [4.69, 9.17) is 14.0 Å². The monoisotopic (exact) mass is 476 g/mol. The normalized spacial score (nSPS) is 11.9. The molecule has 0 amide bonds. The number of hydrogen-bond acceptors (Lipinski definition) is 6. The van der Waals surface area contributed by atoms with Crippen LogP contribution in [0.5, 0.6) is 11.5 Å². The van der Waals surface area contributed by atoms with E-state index in [1.165, 1.54) is 0 Å². The Kier molecular flexibility index (Phi) is 7.22. The number of nitrogens with zero attached hydrogens (tertiary/aromatic N) is 1. The summed E-state index contributed by atoms with van der Waals surface area (Å²) in [5.74, 6) is 0.650. The minimum absolute atomic E-state index is 0.154. The van der Waals surface area contributed by atoms with E-state index in [0.29, 0.717) is 12.4 Å². The molecule has 0 aliphatic carbocycles. The van der Waals surface area contributed by atoms with Crippen molar-refractivity contribution in [2.24, 2.45) is 0 Å². The lowest BCUT2D eigenvalue weighted by atomic mass is 9.93. The summed E-state index contributed by atoms with van der Waals surface area (Å²) < 4.78 is 17.4. The van der Waals surface area contributed by atoms with Crippen molar-refractivity contribution in [1.29, 1.82) is 0 Å². The van der Waals surface area contributed by atoms with E-state index in [-0.39, 0.29) is 13.2 Å². The Morgan fingerprint density at radius 3 is 2.37 bits per heavy atom. The molecule has 1 aromatic heterocycles. The summed E-state index contributed by atoms with van der Waals surface area (Å²) in [7, 11) is 0. The molecule has 3 aromatic carbocycles. The van der Waals surface area contributed by atoms with Crippen molar-refractivity contribution < 1.29 is 19.1 Å². The molecule has 0 unspecified atom stereocenters. The molecule has 1 atom stereocenters. The van der Waals surface area contributed by atoms with Crippen LogP contribution < -0.4 is 20.9 Å². The number of hydrogen-bond donors (Lipinski definition) is 2. The van der Waals surface area contributed by atoms with Gasteiger partial charge in [0.2, 0.25) is 0 Å². The lowest BCUT2D eigenvalue weighted by molar-refractivity contribution is 0.122. The predicted octanol–water partition coefficient (Wildman–Crippen LogP) is 3.80. The van der Waals surface area contributed by atoms with Crippen LogP contribution in [0.25, 0.3) is 11.1 Å². The number of benzene rings is 3. The van der Waals surface area contributed by atoms with E-state index in [1.807, 2.05) is 61.5 Å². The van der Waals surface area contributed by atoms with Crippen molar-refractivity contribution in [2.45, 2.75) is 40.0 Å². The maximum absolute atomic E-state index is 11.6. The Morgan fingerprint density at radius 2 is 1.71 bits per heavy atom.